The average Bonchev–Trinajstić information content (AvgIpc) is 3.53. The van der Waals surface area contributed by atoms with Gasteiger partial charge in [-0.05, 0) is 47.5 Å². The number of fused-ring (bicyclic) bond motifs is 6. The Morgan fingerprint density at radius 2 is 1.34 bits per heavy atom. The monoisotopic (exact) mass is 487 g/mol. The smallest absolute Gasteiger partial charge is 0.135 e. The standard InChI is InChI=1S/C34H21N3O/c1-3-9-30-27(7-1)34-25(22-12-14-23(15-13-22)29-21-35-18-19-36-29)8-5-10-31(34)37(30)24-16-17-33-28(20-24)26-6-2-4-11-32(26)38-33/h1-21H. The topological polar surface area (TPSA) is 43.9 Å². The summed E-state index contributed by atoms with van der Waals surface area (Å²) in [6.07, 6.45) is 5.22. The molecule has 4 nitrogen and oxygen atoms in total. The first kappa shape index (κ1) is 20.9. The van der Waals surface area contributed by atoms with E-state index in [1.807, 2.05) is 12.1 Å². The summed E-state index contributed by atoms with van der Waals surface area (Å²) < 4.78 is 8.47. The molecular formula is C34H21N3O. The van der Waals surface area contributed by atoms with Crippen LogP contribution in [0.1, 0.15) is 0 Å². The van der Waals surface area contributed by atoms with E-state index < -0.39 is 0 Å². The highest BCUT2D eigenvalue weighted by atomic mass is 16.3. The molecular weight excluding hydrogens is 466 g/mol. The first-order valence-electron chi connectivity index (χ1n) is 12.7. The number of hydrogen-bond acceptors (Lipinski definition) is 3. The number of hydrogen-bond donors (Lipinski definition) is 0. The minimum absolute atomic E-state index is 0.871. The number of para-hydroxylation sites is 2. The third kappa shape index (κ3) is 3.10. The van der Waals surface area contributed by atoms with Crippen LogP contribution in [0.2, 0.25) is 0 Å². The van der Waals surface area contributed by atoms with E-state index in [2.05, 4.69) is 112 Å². The molecule has 0 saturated carbocycles. The van der Waals surface area contributed by atoms with Gasteiger partial charge in [0, 0.05) is 45.2 Å². The molecule has 3 heterocycles. The number of aromatic nitrogens is 3. The Morgan fingerprint density at radius 1 is 0.579 bits per heavy atom. The summed E-state index contributed by atoms with van der Waals surface area (Å²) in [5.74, 6) is 0. The van der Waals surface area contributed by atoms with E-state index in [4.69, 9.17) is 4.42 Å². The van der Waals surface area contributed by atoms with Gasteiger partial charge < -0.3 is 8.98 Å². The summed E-state index contributed by atoms with van der Waals surface area (Å²) in [4.78, 5) is 8.65. The van der Waals surface area contributed by atoms with Gasteiger partial charge in [0.05, 0.1) is 22.9 Å². The van der Waals surface area contributed by atoms with E-state index in [0.29, 0.717) is 0 Å². The quantitative estimate of drug-likeness (QED) is 0.250. The maximum atomic E-state index is 6.10. The van der Waals surface area contributed by atoms with Crippen molar-refractivity contribution in [3.8, 4) is 28.1 Å². The molecule has 5 aromatic carbocycles. The first-order chi connectivity index (χ1) is 18.8. The third-order valence-electron chi connectivity index (χ3n) is 7.37. The van der Waals surface area contributed by atoms with Crippen molar-refractivity contribution in [1.29, 1.82) is 0 Å². The molecule has 8 aromatic rings. The van der Waals surface area contributed by atoms with Crippen LogP contribution in [0.25, 0.3) is 71.8 Å². The molecule has 4 heteroatoms. The predicted octanol–water partition coefficient (Wildman–Crippen LogP) is 8.81. The summed E-state index contributed by atoms with van der Waals surface area (Å²) in [5, 5.41) is 4.73. The number of rotatable bonds is 3. The zero-order valence-corrected chi connectivity index (χ0v) is 20.4. The van der Waals surface area contributed by atoms with Gasteiger partial charge in [-0.15, -0.1) is 0 Å². The highest BCUT2D eigenvalue weighted by Crippen LogP contribution is 2.40. The van der Waals surface area contributed by atoms with Gasteiger partial charge in [0.1, 0.15) is 11.2 Å². The van der Waals surface area contributed by atoms with Crippen LogP contribution >= 0.6 is 0 Å². The van der Waals surface area contributed by atoms with Gasteiger partial charge in [-0.25, -0.2) is 0 Å². The Kier molecular flexibility index (Phi) is 4.49. The molecule has 38 heavy (non-hydrogen) atoms. The minimum atomic E-state index is 0.871. The van der Waals surface area contributed by atoms with Gasteiger partial charge in [0.15, 0.2) is 0 Å². The molecule has 0 N–H and O–H groups in total. The molecule has 0 aliphatic heterocycles. The molecule has 0 bridgehead atoms. The van der Waals surface area contributed by atoms with E-state index in [9.17, 15) is 0 Å². The van der Waals surface area contributed by atoms with Gasteiger partial charge in [-0.3, -0.25) is 9.97 Å². The van der Waals surface area contributed by atoms with Gasteiger partial charge in [0.25, 0.3) is 0 Å². The van der Waals surface area contributed by atoms with Gasteiger partial charge in [-0.1, -0.05) is 72.8 Å². The second kappa shape index (κ2) is 8.15. The largest absolute Gasteiger partial charge is 0.456 e. The Morgan fingerprint density at radius 3 is 2.21 bits per heavy atom. The third-order valence-corrected chi connectivity index (χ3v) is 7.37. The number of nitrogens with zero attached hydrogens (tertiary/aromatic N) is 3. The van der Waals surface area contributed by atoms with Gasteiger partial charge in [0.2, 0.25) is 0 Å². The summed E-state index contributed by atoms with van der Waals surface area (Å²) in [6, 6.07) is 38.5. The van der Waals surface area contributed by atoms with E-state index in [1.54, 1.807) is 18.6 Å². The second-order valence-corrected chi connectivity index (χ2v) is 9.50. The zero-order chi connectivity index (χ0) is 25.1. The van der Waals surface area contributed by atoms with Crippen molar-refractivity contribution in [1.82, 2.24) is 14.5 Å². The molecule has 0 saturated heterocycles. The molecule has 0 fully saturated rings. The zero-order valence-electron chi connectivity index (χ0n) is 20.4. The number of furan rings is 1. The fourth-order valence-electron chi connectivity index (χ4n) is 5.66. The highest BCUT2D eigenvalue weighted by molar-refractivity contribution is 6.16. The SMILES string of the molecule is c1ccc2c(c1)oc1ccc(-n3c4ccccc4c4c(-c5ccc(-c6cnccn6)cc5)cccc43)cc12. The summed E-state index contributed by atoms with van der Waals surface area (Å²) in [6.45, 7) is 0. The maximum absolute atomic E-state index is 6.10. The van der Waals surface area contributed by atoms with Crippen molar-refractivity contribution in [2.45, 2.75) is 0 Å². The van der Waals surface area contributed by atoms with Gasteiger partial charge in [-0.2, -0.15) is 0 Å². The average molecular weight is 488 g/mol. The molecule has 8 rings (SSSR count). The van der Waals surface area contributed by atoms with E-state index in [-0.39, 0.29) is 0 Å². The summed E-state index contributed by atoms with van der Waals surface area (Å²) in [7, 11) is 0. The number of benzene rings is 5. The molecule has 178 valence electrons. The molecule has 0 aliphatic carbocycles. The van der Waals surface area contributed by atoms with E-state index in [0.717, 1.165) is 38.9 Å². The van der Waals surface area contributed by atoms with E-state index >= 15 is 0 Å². The molecule has 0 atom stereocenters. The first-order valence-corrected chi connectivity index (χ1v) is 12.7. The van der Waals surface area contributed by atoms with E-state index in [1.165, 1.54) is 32.9 Å². The Hall–Kier alpha value is -5.22. The molecule has 0 spiro atoms. The van der Waals surface area contributed by atoms with Crippen LogP contribution in [-0.2, 0) is 0 Å². The Balaban J connectivity index is 1.36. The van der Waals surface area contributed by atoms with Crippen molar-refractivity contribution < 1.29 is 4.42 Å². The lowest BCUT2D eigenvalue weighted by Gasteiger charge is -2.09. The fraction of sp³-hybridized carbons (Fsp3) is 0. The lowest BCUT2D eigenvalue weighted by atomic mass is 9.98. The minimum Gasteiger partial charge on any atom is -0.456 e. The second-order valence-electron chi connectivity index (χ2n) is 9.50. The van der Waals surface area contributed by atoms with Crippen LogP contribution in [0.5, 0.6) is 0 Å². The van der Waals surface area contributed by atoms with Gasteiger partial charge >= 0.3 is 0 Å². The van der Waals surface area contributed by atoms with Crippen molar-refractivity contribution in [2.75, 3.05) is 0 Å². The van der Waals surface area contributed by atoms with Crippen molar-refractivity contribution in [2.24, 2.45) is 0 Å². The summed E-state index contributed by atoms with van der Waals surface area (Å²) >= 11 is 0. The van der Waals surface area contributed by atoms with Crippen LogP contribution in [-0.4, -0.2) is 14.5 Å². The van der Waals surface area contributed by atoms with Crippen molar-refractivity contribution >= 4 is 43.7 Å². The Labute approximate surface area is 218 Å². The van der Waals surface area contributed by atoms with Crippen LogP contribution < -0.4 is 0 Å². The van der Waals surface area contributed by atoms with Crippen molar-refractivity contribution in [3.05, 3.63) is 128 Å². The highest BCUT2D eigenvalue weighted by Gasteiger charge is 2.17. The van der Waals surface area contributed by atoms with Crippen LogP contribution in [0.3, 0.4) is 0 Å². The lowest BCUT2D eigenvalue weighted by Crippen LogP contribution is -1.93. The lowest BCUT2D eigenvalue weighted by molar-refractivity contribution is 0.669. The van der Waals surface area contributed by atoms with Crippen LogP contribution in [0, 0.1) is 0 Å². The van der Waals surface area contributed by atoms with Crippen LogP contribution in [0.15, 0.2) is 132 Å². The molecule has 0 aliphatic rings. The summed E-state index contributed by atoms with van der Waals surface area (Å²) in [5.41, 5.74) is 9.58. The molecule has 3 aromatic heterocycles. The van der Waals surface area contributed by atoms with Crippen LogP contribution in [0.4, 0.5) is 0 Å². The fourth-order valence-corrected chi connectivity index (χ4v) is 5.66. The molecule has 0 unspecified atom stereocenters. The maximum Gasteiger partial charge on any atom is 0.135 e. The molecule has 0 radical (unpaired) electrons. The van der Waals surface area contributed by atoms with Crippen molar-refractivity contribution in [3.63, 3.8) is 0 Å². The molecule has 0 amide bonds. The predicted molar refractivity (Wildman–Crippen MR) is 155 cm³/mol. The Bertz CT molecular complexity index is 2120. The normalized spacial score (nSPS) is 11.7.